The summed E-state index contributed by atoms with van der Waals surface area (Å²) < 4.78 is 24.0. The van der Waals surface area contributed by atoms with E-state index in [4.69, 9.17) is 10.2 Å². The van der Waals surface area contributed by atoms with Gasteiger partial charge in [-0.25, -0.2) is 8.78 Å². The average molecular weight is 263 g/mol. The van der Waals surface area contributed by atoms with Crippen LogP contribution in [0.4, 0.5) is 8.78 Å². The summed E-state index contributed by atoms with van der Waals surface area (Å²) in [6.45, 7) is -0.580. The standard InChI is InChI=1S/C11H15F2NO4/c12-9(13)8(15)5-14-10(16)6-3-1-2-4-7(6)11(17)18/h1-2,6-9,15H,3-5H2,(H,14,16)(H,17,18)/t6-,7+,8?/m1/s1. The summed E-state index contributed by atoms with van der Waals surface area (Å²) in [7, 11) is 0. The topological polar surface area (TPSA) is 86.6 Å². The zero-order valence-electron chi connectivity index (χ0n) is 9.55. The van der Waals surface area contributed by atoms with Crippen LogP contribution in [0.25, 0.3) is 0 Å². The van der Waals surface area contributed by atoms with Gasteiger partial charge in [-0.15, -0.1) is 0 Å². The van der Waals surface area contributed by atoms with Gasteiger partial charge in [0.15, 0.2) is 0 Å². The second kappa shape index (κ2) is 6.44. The van der Waals surface area contributed by atoms with Crippen molar-refractivity contribution in [3.8, 4) is 0 Å². The van der Waals surface area contributed by atoms with Crippen LogP contribution in [0.1, 0.15) is 12.8 Å². The van der Waals surface area contributed by atoms with Gasteiger partial charge in [0.1, 0.15) is 6.10 Å². The predicted molar refractivity (Wildman–Crippen MR) is 58.0 cm³/mol. The zero-order valence-corrected chi connectivity index (χ0v) is 9.55. The number of hydrogen-bond acceptors (Lipinski definition) is 3. The second-order valence-electron chi connectivity index (χ2n) is 4.14. The van der Waals surface area contributed by atoms with Crippen LogP contribution in [0.2, 0.25) is 0 Å². The van der Waals surface area contributed by atoms with Crippen molar-refractivity contribution in [2.24, 2.45) is 11.8 Å². The summed E-state index contributed by atoms with van der Waals surface area (Å²) in [5, 5.41) is 19.9. The highest BCUT2D eigenvalue weighted by molar-refractivity contribution is 5.85. The Kier molecular flexibility index (Phi) is 5.21. The molecule has 0 heterocycles. The number of nitrogens with one attached hydrogen (secondary N) is 1. The number of aliphatic carboxylic acids is 1. The van der Waals surface area contributed by atoms with Gasteiger partial charge in [0.25, 0.3) is 6.43 Å². The van der Waals surface area contributed by atoms with Crippen molar-refractivity contribution >= 4 is 11.9 Å². The Morgan fingerprint density at radius 1 is 1.28 bits per heavy atom. The molecule has 0 aliphatic heterocycles. The Balaban J connectivity index is 2.54. The van der Waals surface area contributed by atoms with Gasteiger partial charge in [-0.3, -0.25) is 9.59 Å². The van der Waals surface area contributed by atoms with E-state index in [2.05, 4.69) is 5.32 Å². The number of rotatable bonds is 5. The minimum atomic E-state index is -2.94. The quantitative estimate of drug-likeness (QED) is 0.626. The van der Waals surface area contributed by atoms with Crippen LogP contribution >= 0.6 is 0 Å². The molecule has 0 fully saturated rings. The van der Waals surface area contributed by atoms with E-state index in [1.807, 2.05) is 0 Å². The van der Waals surface area contributed by atoms with Crippen molar-refractivity contribution in [2.75, 3.05) is 6.54 Å². The monoisotopic (exact) mass is 263 g/mol. The van der Waals surface area contributed by atoms with Gasteiger partial charge < -0.3 is 15.5 Å². The Hall–Kier alpha value is -1.50. The molecule has 0 aromatic rings. The Labute approximate surface area is 102 Å². The molecular formula is C11H15F2NO4. The molecule has 1 amide bonds. The summed E-state index contributed by atoms with van der Waals surface area (Å²) in [6.07, 6.45) is -1.01. The first kappa shape index (κ1) is 14.6. The molecule has 0 aromatic carbocycles. The highest BCUT2D eigenvalue weighted by Crippen LogP contribution is 2.25. The van der Waals surface area contributed by atoms with E-state index in [0.717, 1.165) is 0 Å². The predicted octanol–water partition coefficient (Wildman–Crippen LogP) is 0.396. The lowest BCUT2D eigenvalue weighted by atomic mass is 9.82. The lowest BCUT2D eigenvalue weighted by Crippen LogP contribution is -2.43. The van der Waals surface area contributed by atoms with Gasteiger partial charge in [-0.1, -0.05) is 12.2 Å². The van der Waals surface area contributed by atoms with Crippen LogP contribution in [-0.2, 0) is 9.59 Å². The molecule has 0 saturated heterocycles. The van der Waals surface area contributed by atoms with E-state index in [0.29, 0.717) is 0 Å². The van der Waals surface area contributed by atoms with Crippen molar-refractivity contribution in [2.45, 2.75) is 25.4 Å². The first-order valence-corrected chi connectivity index (χ1v) is 5.55. The number of aliphatic hydroxyl groups is 1. The van der Waals surface area contributed by atoms with Gasteiger partial charge in [0.05, 0.1) is 11.8 Å². The second-order valence-corrected chi connectivity index (χ2v) is 4.14. The molecule has 7 heteroatoms. The highest BCUT2D eigenvalue weighted by atomic mass is 19.3. The SMILES string of the molecule is O=C(O)[C@H]1CC=CC[C@H]1C(=O)NCC(O)C(F)F. The molecule has 1 aliphatic rings. The van der Waals surface area contributed by atoms with Crippen molar-refractivity contribution < 1.29 is 28.6 Å². The number of carbonyl (C=O) groups is 2. The van der Waals surface area contributed by atoms with Crippen molar-refractivity contribution in [3.05, 3.63) is 12.2 Å². The molecule has 102 valence electrons. The van der Waals surface area contributed by atoms with E-state index < -0.39 is 42.8 Å². The van der Waals surface area contributed by atoms with Crippen LogP contribution in [0.3, 0.4) is 0 Å². The molecule has 1 unspecified atom stereocenters. The first-order chi connectivity index (χ1) is 8.43. The number of carboxylic acids is 1. The van der Waals surface area contributed by atoms with E-state index in [1.54, 1.807) is 12.2 Å². The molecule has 3 atom stereocenters. The van der Waals surface area contributed by atoms with E-state index in [1.165, 1.54) is 0 Å². The Morgan fingerprint density at radius 3 is 2.33 bits per heavy atom. The van der Waals surface area contributed by atoms with Crippen molar-refractivity contribution in [3.63, 3.8) is 0 Å². The number of hydrogen-bond donors (Lipinski definition) is 3. The lowest BCUT2D eigenvalue weighted by molar-refractivity contribution is -0.147. The Morgan fingerprint density at radius 2 is 1.83 bits per heavy atom. The van der Waals surface area contributed by atoms with Crippen LogP contribution in [0.15, 0.2) is 12.2 Å². The molecule has 0 bridgehead atoms. The maximum atomic E-state index is 12.0. The molecule has 5 nitrogen and oxygen atoms in total. The van der Waals surface area contributed by atoms with Crippen LogP contribution in [0, 0.1) is 11.8 Å². The van der Waals surface area contributed by atoms with Gasteiger partial charge in [-0.05, 0) is 12.8 Å². The summed E-state index contributed by atoms with van der Waals surface area (Å²) in [5.41, 5.74) is 0. The average Bonchev–Trinajstić information content (AvgIpc) is 2.35. The van der Waals surface area contributed by atoms with E-state index in [9.17, 15) is 18.4 Å². The third kappa shape index (κ3) is 3.76. The summed E-state index contributed by atoms with van der Waals surface area (Å²) in [6, 6.07) is 0. The third-order valence-corrected chi connectivity index (χ3v) is 2.86. The van der Waals surface area contributed by atoms with E-state index >= 15 is 0 Å². The van der Waals surface area contributed by atoms with Gasteiger partial charge in [0.2, 0.25) is 5.91 Å². The number of aliphatic hydroxyl groups excluding tert-OH is 1. The maximum Gasteiger partial charge on any atom is 0.307 e. The minimum Gasteiger partial charge on any atom is -0.481 e. The zero-order chi connectivity index (χ0) is 13.7. The fourth-order valence-corrected chi connectivity index (χ4v) is 1.80. The van der Waals surface area contributed by atoms with Crippen molar-refractivity contribution in [1.29, 1.82) is 0 Å². The van der Waals surface area contributed by atoms with Gasteiger partial charge in [0, 0.05) is 6.54 Å². The van der Waals surface area contributed by atoms with Gasteiger partial charge >= 0.3 is 5.97 Å². The number of alkyl halides is 2. The summed E-state index contributed by atoms with van der Waals surface area (Å²) in [4.78, 5) is 22.6. The smallest absolute Gasteiger partial charge is 0.307 e. The number of allylic oxidation sites excluding steroid dienone is 2. The van der Waals surface area contributed by atoms with Crippen LogP contribution in [0.5, 0.6) is 0 Å². The molecule has 0 aromatic heterocycles. The number of amides is 1. The molecule has 0 saturated carbocycles. The number of carbonyl (C=O) groups excluding carboxylic acids is 1. The Bertz CT molecular complexity index is 346. The van der Waals surface area contributed by atoms with Crippen LogP contribution in [-0.4, -0.2) is 41.2 Å². The molecule has 18 heavy (non-hydrogen) atoms. The number of carboxylic acid groups (broad SMARTS) is 1. The molecule has 1 aliphatic carbocycles. The van der Waals surface area contributed by atoms with Crippen molar-refractivity contribution in [1.82, 2.24) is 5.32 Å². The molecule has 3 N–H and O–H groups in total. The molecule has 0 radical (unpaired) electrons. The number of halogens is 2. The largest absolute Gasteiger partial charge is 0.481 e. The summed E-state index contributed by atoms with van der Waals surface area (Å²) >= 11 is 0. The maximum absolute atomic E-state index is 12.0. The first-order valence-electron chi connectivity index (χ1n) is 5.55. The van der Waals surface area contributed by atoms with Gasteiger partial charge in [-0.2, -0.15) is 0 Å². The fourth-order valence-electron chi connectivity index (χ4n) is 1.80. The molecular weight excluding hydrogens is 248 g/mol. The summed E-state index contributed by atoms with van der Waals surface area (Å²) in [5.74, 6) is -3.34. The normalized spacial score (nSPS) is 24.9. The highest BCUT2D eigenvalue weighted by Gasteiger charge is 2.34. The minimum absolute atomic E-state index is 0.241. The molecule has 0 spiro atoms. The third-order valence-electron chi connectivity index (χ3n) is 2.86. The van der Waals surface area contributed by atoms with E-state index in [-0.39, 0.29) is 12.8 Å². The molecule has 1 rings (SSSR count). The van der Waals surface area contributed by atoms with Crippen LogP contribution < -0.4 is 5.32 Å². The fraction of sp³-hybridized carbons (Fsp3) is 0.636. The lowest BCUT2D eigenvalue weighted by Gasteiger charge is -2.24.